The molecule has 1 atom stereocenters. The van der Waals surface area contributed by atoms with Gasteiger partial charge in [0.15, 0.2) is 11.9 Å². The third kappa shape index (κ3) is 1.55. The Morgan fingerprint density at radius 2 is 2.25 bits per heavy atom. The molecule has 1 heterocycles. The number of hydrogen-bond acceptors (Lipinski definition) is 5. The summed E-state index contributed by atoms with van der Waals surface area (Å²) in [5.74, 6) is -1.80. The standard InChI is InChI=1S/C10H7NO5/c12-4-5-2-1-3-6-8(5)16-9(11-6)7(13)10(14)15/h1-4,7,13H,(H,14,15). The quantitative estimate of drug-likeness (QED) is 0.742. The van der Waals surface area contributed by atoms with E-state index in [1.807, 2.05) is 0 Å². The Balaban J connectivity index is 2.59. The minimum atomic E-state index is -1.83. The van der Waals surface area contributed by atoms with E-state index in [0.717, 1.165) is 0 Å². The lowest BCUT2D eigenvalue weighted by Gasteiger charge is -1.97. The van der Waals surface area contributed by atoms with Gasteiger partial charge in [-0.1, -0.05) is 6.07 Å². The molecule has 0 spiro atoms. The number of carbonyl (C=O) groups excluding carboxylic acids is 1. The lowest BCUT2D eigenvalue weighted by Crippen LogP contribution is -2.10. The number of aldehydes is 1. The molecule has 1 aromatic carbocycles. The molecule has 0 saturated heterocycles. The SMILES string of the molecule is O=Cc1cccc2nc(C(O)C(=O)O)oc12. The van der Waals surface area contributed by atoms with Gasteiger partial charge in [-0.05, 0) is 12.1 Å². The number of carboxylic acids is 1. The first-order valence-electron chi connectivity index (χ1n) is 4.39. The summed E-state index contributed by atoms with van der Waals surface area (Å²) in [4.78, 5) is 25.0. The second kappa shape index (κ2) is 3.74. The first kappa shape index (κ1) is 10.3. The van der Waals surface area contributed by atoms with Crippen LogP contribution in [0.2, 0.25) is 0 Å². The fraction of sp³-hybridized carbons (Fsp3) is 0.100. The van der Waals surface area contributed by atoms with Crippen molar-refractivity contribution in [1.29, 1.82) is 0 Å². The van der Waals surface area contributed by atoms with E-state index in [-0.39, 0.29) is 17.0 Å². The Bertz CT molecular complexity index is 559. The highest BCUT2D eigenvalue weighted by Gasteiger charge is 2.23. The maximum Gasteiger partial charge on any atom is 0.342 e. The minimum absolute atomic E-state index is 0.174. The molecule has 6 heteroatoms. The number of rotatable bonds is 3. The number of aromatic nitrogens is 1. The van der Waals surface area contributed by atoms with Crippen molar-refractivity contribution in [3.63, 3.8) is 0 Å². The molecule has 0 aliphatic carbocycles. The van der Waals surface area contributed by atoms with E-state index in [1.54, 1.807) is 12.1 Å². The predicted molar refractivity (Wildman–Crippen MR) is 52.0 cm³/mol. The van der Waals surface area contributed by atoms with Crippen molar-refractivity contribution in [2.24, 2.45) is 0 Å². The van der Waals surface area contributed by atoms with E-state index < -0.39 is 12.1 Å². The summed E-state index contributed by atoms with van der Waals surface area (Å²) in [6, 6.07) is 4.66. The summed E-state index contributed by atoms with van der Waals surface area (Å²) in [7, 11) is 0. The molecule has 82 valence electrons. The number of oxazole rings is 1. The number of benzene rings is 1. The molecular formula is C10H7NO5. The topological polar surface area (TPSA) is 101 Å². The molecule has 0 saturated carbocycles. The molecule has 0 fully saturated rings. The highest BCUT2D eigenvalue weighted by molar-refractivity contribution is 5.93. The Morgan fingerprint density at radius 3 is 2.88 bits per heavy atom. The van der Waals surface area contributed by atoms with Crippen LogP contribution in [-0.4, -0.2) is 27.5 Å². The summed E-state index contributed by atoms with van der Waals surface area (Å²) in [5.41, 5.74) is 0.765. The average Bonchev–Trinajstić information content (AvgIpc) is 2.70. The Labute approximate surface area is 89.1 Å². The van der Waals surface area contributed by atoms with Crippen LogP contribution in [0.25, 0.3) is 11.1 Å². The van der Waals surface area contributed by atoms with E-state index in [4.69, 9.17) is 9.52 Å². The van der Waals surface area contributed by atoms with Crippen molar-refractivity contribution in [2.75, 3.05) is 0 Å². The molecule has 6 nitrogen and oxygen atoms in total. The summed E-state index contributed by atoms with van der Waals surface area (Å²) in [6.45, 7) is 0. The van der Waals surface area contributed by atoms with Gasteiger partial charge in [-0.3, -0.25) is 4.79 Å². The number of carbonyl (C=O) groups is 2. The molecule has 1 unspecified atom stereocenters. The number of fused-ring (bicyclic) bond motifs is 1. The highest BCUT2D eigenvalue weighted by atomic mass is 16.4. The Morgan fingerprint density at radius 1 is 1.50 bits per heavy atom. The maximum absolute atomic E-state index is 10.7. The summed E-state index contributed by atoms with van der Waals surface area (Å²) in [6.07, 6.45) is -1.25. The molecule has 0 amide bonds. The maximum atomic E-state index is 10.7. The first-order valence-corrected chi connectivity index (χ1v) is 4.39. The van der Waals surface area contributed by atoms with Crippen molar-refractivity contribution in [2.45, 2.75) is 6.10 Å². The van der Waals surface area contributed by atoms with Crippen molar-refractivity contribution in [3.05, 3.63) is 29.7 Å². The van der Waals surface area contributed by atoms with Gasteiger partial charge in [-0.25, -0.2) is 9.78 Å². The molecule has 0 bridgehead atoms. The van der Waals surface area contributed by atoms with Crippen LogP contribution in [0.5, 0.6) is 0 Å². The van der Waals surface area contributed by atoms with Gasteiger partial charge in [-0.2, -0.15) is 0 Å². The van der Waals surface area contributed by atoms with Crippen LogP contribution in [0.15, 0.2) is 22.6 Å². The number of hydrogen-bond donors (Lipinski definition) is 2. The van der Waals surface area contributed by atoms with Gasteiger partial charge in [0.1, 0.15) is 5.52 Å². The van der Waals surface area contributed by atoms with E-state index in [0.29, 0.717) is 11.8 Å². The zero-order valence-corrected chi connectivity index (χ0v) is 7.95. The number of nitrogens with zero attached hydrogens (tertiary/aromatic N) is 1. The number of aliphatic hydroxyl groups is 1. The molecule has 0 aliphatic heterocycles. The second-order valence-electron chi connectivity index (χ2n) is 3.11. The molecule has 0 radical (unpaired) electrons. The molecule has 0 aliphatic rings. The number of aliphatic hydroxyl groups excluding tert-OH is 1. The van der Waals surface area contributed by atoms with Crippen LogP contribution >= 0.6 is 0 Å². The van der Waals surface area contributed by atoms with Gasteiger partial charge in [0.25, 0.3) is 0 Å². The van der Waals surface area contributed by atoms with E-state index in [2.05, 4.69) is 4.98 Å². The highest BCUT2D eigenvalue weighted by Crippen LogP contribution is 2.22. The average molecular weight is 221 g/mol. The number of para-hydroxylation sites is 1. The largest absolute Gasteiger partial charge is 0.479 e. The minimum Gasteiger partial charge on any atom is -0.479 e. The van der Waals surface area contributed by atoms with Gasteiger partial charge in [0.2, 0.25) is 12.0 Å². The van der Waals surface area contributed by atoms with Crippen LogP contribution in [-0.2, 0) is 4.79 Å². The summed E-state index contributed by atoms with van der Waals surface area (Å²) >= 11 is 0. The Kier molecular flexibility index (Phi) is 2.41. The predicted octanol–water partition coefficient (Wildman–Crippen LogP) is 0.758. The van der Waals surface area contributed by atoms with E-state index >= 15 is 0 Å². The van der Waals surface area contributed by atoms with Crippen LogP contribution in [0.1, 0.15) is 22.4 Å². The van der Waals surface area contributed by atoms with Crippen molar-refractivity contribution in [3.8, 4) is 0 Å². The van der Waals surface area contributed by atoms with E-state index in [1.165, 1.54) is 6.07 Å². The van der Waals surface area contributed by atoms with Gasteiger partial charge in [0, 0.05) is 0 Å². The van der Waals surface area contributed by atoms with Gasteiger partial charge >= 0.3 is 5.97 Å². The molecule has 1 aromatic heterocycles. The van der Waals surface area contributed by atoms with Gasteiger partial charge in [0.05, 0.1) is 5.56 Å². The van der Waals surface area contributed by atoms with Gasteiger partial charge < -0.3 is 14.6 Å². The molecular weight excluding hydrogens is 214 g/mol. The molecule has 2 rings (SSSR count). The summed E-state index contributed by atoms with van der Waals surface area (Å²) < 4.78 is 5.04. The zero-order chi connectivity index (χ0) is 11.7. The fourth-order valence-corrected chi connectivity index (χ4v) is 1.30. The van der Waals surface area contributed by atoms with Crippen LogP contribution in [0.4, 0.5) is 0 Å². The van der Waals surface area contributed by atoms with Crippen LogP contribution in [0, 0.1) is 0 Å². The first-order chi connectivity index (χ1) is 7.63. The summed E-state index contributed by atoms with van der Waals surface area (Å²) in [5, 5.41) is 17.8. The number of carboxylic acid groups (broad SMARTS) is 1. The molecule has 2 aromatic rings. The van der Waals surface area contributed by atoms with Gasteiger partial charge in [-0.15, -0.1) is 0 Å². The van der Waals surface area contributed by atoms with Crippen molar-refractivity contribution in [1.82, 2.24) is 4.98 Å². The third-order valence-corrected chi connectivity index (χ3v) is 2.06. The molecule has 2 N–H and O–H groups in total. The third-order valence-electron chi connectivity index (χ3n) is 2.06. The van der Waals surface area contributed by atoms with Crippen molar-refractivity contribution >= 4 is 23.4 Å². The van der Waals surface area contributed by atoms with Crippen LogP contribution in [0.3, 0.4) is 0 Å². The van der Waals surface area contributed by atoms with Crippen molar-refractivity contribution < 1.29 is 24.2 Å². The van der Waals surface area contributed by atoms with Crippen LogP contribution < -0.4 is 0 Å². The number of aliphatic carboxylic acids is 1. The fourth-order valence-electron chi connectivity index (χ4n) is 1.30. The lowest BCUT2D eigenvalue weighted by molar-refractivity contribution is -0.148. The second-order valence-corrected chi connectivity index (χ2v) is 3.11. The van der Waals surface area contributed by atoms with E-state index in [9.17, 15) is 14.7 Å². The smallest absolute Gasteiger partial charge is 0.342 e. The normalized spacial score (nSPS) is 12.6. The lowest BCUT2D eigenvalue weighted by atomic mass is 10.2. The monoisotopic (exact) mass is 221 g/mol. The zero-order valence-electron chi connectivity index (χ0n) is 7.95. The Hall–Kier alpha value is -2.21. The molecule has 16 heavy (non-hydrogen) atoms.